The third kappa shape index (κ3) is 2.75. The van der Waals surface area contributed by atoms with E-state index >= 15 is 0 Å². The van der Waals surface area contributed by atoms with Crippen molar-refractivity contribution in [2.75, 3.05) is 33.8 Å². The molecule has 0 aromatic carbocycles. The minimum absolute atomic E-state index is 0.119. The Labute approximate surface area is 104 Å². The van der Waals surface area contributed by atoms with Crippen LogP contribution in [0, 0.1) is 0 Å². The normalized spacial score (nSPS) is 39.9. The number of hydrogen-bond donors (Lipinski definition) is 0. The van der Waals surface area contributed by atoms with Crippen LogP contribution in [-0.2, 0) is 23.7 Å². The van der Waals surface area contributed by atoms with Crippen LogP contribution in [0.25, 0.3) is 0 Å². The molecule has 0 bridgehead atoms. The standard InChI is InChI=1S/C10H19BrO5/c1-12-7-6(5-11)16-10(15-4)9(14-3)8(7)13-2/h6-10H,5H2,1-4H3. The van der Waals surface area contributed by atoms with Gasteiger partial charge in [-0.1, -0.05) is 15.9 Å². The Hall–Kier alpha value is 0.280. The Morgan fingerprint density at radius 1 is 0.875 bits per heavy atom. The van der Waals surface area contributed by atoms with Crippen molar-refractivity contribution in [3.63, 3.8) is 0 Å². The van der Waals surface area contributed by atoms with E-state index in [4.69, 9.17) is 23.7 Å². The van der Waals surface area contributed by atoms with Crippen LogP contribution < -0.4 is 0 Å². The van der Waals surface area contributed by atoms with E-state index in [9.17, 15) is 0 Å². The van der Waals surface area contributed by atoms with E-state index < -0.39 is 6.29 Å². The second-order valence-electron chi connectivity index (χ2n) is 3.53. The summed E-state index contributed by atoms with van der Waals surface area (Å²) < 4.78 is 27.2. The van der Waals surface area contributed by atoms with Gasteiger partial charge in [0.25, 0.3) is 0 Å². The van der Waals surface area contributed by atoms with Gasteiger partial charge in [-0.05, 0) is 0 Å². The van der Waals surface area contributed by atoms with Gasteiger partial charge in [-0.15, -0.1) is 0 Å². The van der Waals surface area contributed by atoms with Crippen LogP contribution in [0.3, 0.4) is 0 Å². The summed E-state index contributed by atoms with van der Waals surface area (Å²) in [7, 11) is 6.46. The summed E-state index contributed by atoms with van der Waals surface area (Å²) in [5, 5.41) is 0.654. The lowest BCUT2D eigenvalue weighted by Gasteiger charge is -2.43. The van der Waals surface area contributed by atoms with Crippen LogP contribution in [0.4, 0.5) is 0 Å². The third-order valence-corrected chi connectivity index (χ3v) is 3.43. The molecule has 1 heterocycles. The second kappa shape index (κ2) is 6.88. The number of alkyl halides is 1. The van der Waals surface area contributed by atoms with E-state index in [0.717, 1.165) is 0 Å². The van der Waals surface area contributed by atoms with Crippen LogP contribution in [0.5, 0.6) is 0 Å². The van der Waals surface area contributed by atoms with Crippen molar-refractivity contribution in [3.05, 3.63) is 0 Å². The van der Waals surface area contributed by atoms with Crippen molar-refractivity contribution in [2.45, 2.75) is 30.7 Å². The molecule has 0 saturated carbocycles. The minimum Gasteiger partial charge on any atom is -0.376 e. The Bertz CT molecular complexity index is 186. The Morgan fingerprint density at radius 3 is 1.81 bits per heavy atom. The van der Waals surface area contributed by atoms with Gasteiger partial charge in [-0.3, -0.25) is 0 Å². The zero-order valence-electron chi connectivity index (χ0n) is 10.0. The van der Waals surface area contributed by atoms with Gasteiger partial charge in [-0.25, -0.2) is 0 Å². The van der Waals surface area contributed by atoms with Gasteiger partial charge in [0.1, 0.15) is 18.3 Å². The smallest absolute Gasteiger partial charge is 0.186 e. The molecular weight excluding hydrogens is 280 g/mol. The second-order valence-corrected chi connectivity index (χ2v) is 4.18. The molecule has 1 saturated heterocycles. The highest BCUT2D eigenvalue weighted by Crippen LogP contribution is 2.28. The van der Waals surface area contributed by atoms with Crippen molar-refractivity contribution in [2.24, 2.45) is 0 Å². The highest BCUT2D eigenvalue weighted by molar-refractivity contribution is 9.09. The SMILES string of the molecule is COC1OC(CBr)C(OC)C(OC)C1OC. The van der Waals surface area contributed by atoms with Crippen molar-refractivity contribution in [1.29, 1.82) is 0 Å². The fraction of sp³-hybridized carbons (Fsp3) is 1.00. The number of rotatable bonds is 5. The lowest BCUT2D eigenvalue weighted by molar-refractivity contribution is -0.297. The third-order valence-electron chi connectivity index (χ3n) is 2.79. The number of halogens is 1. The molecule has 5 unspecified atom stereocenters. The highest BCUT2D eigenvalue weighted by atomic mass is 79.9. The van der Waals surface area contributed by atoms with Crippen LogP contribution in [0.2, 0.25) is 0 Å². The molecule has 0 aromatic heterocycles. The maximum atomic E-state index is 5.72. The first-order valence-electron chi connectivity index (χ1n) is 5.06. The fourth-order valence-corrected chi connectivity index (χ4v) is 2.51. The van der Waals surface area contributed by atoms with E-state index in [-0.39, 0.29) is 24.4 Å². The molecular formula is C10H19BrO5. The molecule has 96 valence electrons. The van der Waals surface area contributed by atoms with Gasteiger partial charge < -0.3 is 23.7 Å². The van der Waals surface area contributed by atoms with Crippen LogP contribution >= 0.6 is 15.9 Å². The summed E-state index contributed by atoms with van der Waals surface area (Å²) in [4.78, 5) is 0. The molecule has 0 spiro atoms. The summed E-state index contributed by atoms with van der Waals surface area (Å²) >= 11 is 3.39. The molecule has 16 heavy (non-hydrogen) atoms. The van der Waals surface area contributed by atoms with E-state index in [0.29, 0.717) is 5.33 Å². The van der Waals surface area contributed by atoms with E-state index in [1.807, 2.05) is 0 Å². The Kier molecular flexibility index (Phi) is 6.17. The maximum absolute atomic E-state index is 5.72. The lowest BCUT2D eigenvalue weighted by Crippen LogP contribution is -2.60. The van der Waals surface area contributed by atoms with Gasteiger partial charge in [0.05, 0.1) is 6.10 Å². The van der Waals surface area contributed by atoms with Gasteiger partial charge in [0, 0.05) is 33.8 Å². The van der Waals surface area contributed by atoms with Crippen molar-refractivity contribution >= 4 is 15.9 Å². The highest BCUT2D eigenvalue weighted by Gasteiger charge is 2.46. The van der Waals surface area contributed by atoms with Gasteiger partial charge in [0.15, 0.2) is 6.29 Å². The van der Waals surface area contributed by atoms with Gasteiger partial charge >= 0.3 is 0 Å². The number of hydrogen-bond acceptors (Lipinski definition) is 5. The largest absolute Gasteiger partial charge is 0.376 e. The van der Waals surface area contributed by atoms with Crippen molar-refractivity contribution in [1.82, 2.24) is 0 Å². The molecule has 0 radical (unpaired) electrons. The predicted molar refractivity (Wildman–Crippen MR) is 61.9 cm³/mol. The van der Waals surface area contributed by atoms with Crippen LogP contribution in [0.1, 0.15) is 0 Å². The topological polar surface area (TPSA) is 46.2 Å². The molecule has 0 N–H and O–H groups in total. The molecule has 1 aliphatic rings. The summed E-state index contributed by atoms with van der Waals surface area (Å²) in [5.41, 5.74) is 0. The van der Waals surface area contributed by atoms with Gasteiger partial charge in [0.2, 0.25) is 0 Å². The summed E-state index contributed by atoms with van der Waals surface area (Å²) in [5.74, 6) is 0. The first-order valence-corrected chi connectivity index (χ1v) is 6.18. The summed E-state index contributed by atoms with van der Waals surface area (Å²) in [6.07, 6.45) is -1.25. The molecule has 1 aliphatic heterocycles. The van der Waals surface area contributed by atoms with E-state index in [1.54, 1.807) is 28.4 Å². The molecule has 6 heteroatoms. The first-order chi connectivity index (χ1) is 7.73. The lowest BCUT2D eigenvalue weighted by atomic mass is 9.99. The van der Waals surface area contributed by atoms with E-state index in [1.165, 1.54) is 0 Å². The number of ether oxygens (including phenoxy) is 5. The number of methoxy groups -OCH3 is 4. The minimum atomic E-state index is -0.441. The quantitative estimate of drug-likeness (QED) is 0.703. The average molecular weight is 299 g/mol. The zero-order valence-corrected chi connectivity index (χ0v) is 11.6. The predicted octanol–water partition coefficient (Wildman–Crippen LogP) is 0.798. The maximum Gasteiger partial charge on any atom is 0.186 e. The molecule has 0 amide bonds. The fourth-order valence-electron chi connectivity index (χ4n) is 1.99. The molecule has 5 atom stereocenters. The van der Waals surface area contributed by atoms with Crippen LogP contribution in [-0.4, -0.2) is 64.5 Å². The average Bonchev–Trinajstić information content (AvgIpc) is 2.35. The first kappa shape index (κ1) is 14.3. The van der Waals surface area contributed by atoms with Crippen molar-refractivity contribution < 1.29 is 23.7 Å². The molecule has 5 nitrogen and oxygen atoms in total. The van der Waals surface area contributed by atoms with Gasteiger partial charge in [-0.2, -0.15) is 0 Å². The van der Waals surface area contributed by atoms with Crippen LogP contribution in [0.15, 0.2) is 0 Å². The zero-order chi connectivity index (χ0) is 12.1. The monoisotopic (exact) mass is 298 g/mol. The summed E-state index contributed by atoms with van der Waals surface area (Å²) in [6.45, 7) is 0. The Balaban J connectivity index is 2.85. The van der Waals surface area contributed by atoms with Crippen molar-refractivity contribution in [3.8, 4) is 0 Å². The molecule has 0 aliphatic carbocycles. The molecule has 1 rings (SSSR count). The molecule has 1 fully saturated rings. The summed E-state index contributed by atoms with van der Waals surface area (Å²) in [6, 6.07) is 0. The Morgan fingerprint density at radius 2 is 1.44 bits per heavy atom. The van der Waals surface area contributed by atoms with E-state index in [2.05, 4.69) is 15.9 Å². The molecule has 0 aromatic rings.